The Morgan fingerprint density at radius 2 is 2.06 bits per heavy atom. The number of hydrogen-bond donors (Lipinski definition) is 1. The van der Waals surface area contributed by atoms with Gasteiger partial charge in [-0.25, -0.2) is 4.98 Å². The number of benzene rings is 1. The van der Waals surface area contributed by atoms with Crippen LogP contribution in [0.2, 0.25) is 0 Å². The maximum absolute atomic E-state index is 5.98. The highest BCUT2D eigenvalue weighted by atomic mass is 79.9. The van der Waals surface area contributed by atoms with Gasteiger partial charge in [-0.05, 0) is 42.7 Å². The lowest BCUT2D eigenvalue weighted by Gasteiger charge is -2.07. The molecule has 2 nitrogen and oxygen atoms in total. The molecular formula is C14H17BrN2. The Hall–Kier alpha value is -1.09. The third-order valence-corrected chi connectivity index (χ3v) is 3.43. The summed E-state index contributed by atoms with van der Waals surface area (Å²) in [5.41, 5.74) is 8.12. The quantitative estimate of drug-likeness (QED) is 0.853. The van der Waals surface area contributed by atoms with Crippen LogP contribution in [0, 0.1) is 0 Å². The fourth-order valence-electron chi connectivity index (χ4n) is 1.97. The van der Waals surface area contributed by atoms with Gasteiger partial charge in [0.05, 0.1) is 5.52 Å². The molecule has 2 rings (SSSR count). The summed E-state index contributed by atoms with van der Waals surface area (Å²) in [6, 6.07) is 8.24. The minimum Gasteiger partial charge on any atom is -0.383 e. The van der Waals surface area contributed by atoms with Gasteiger partial charge in [-0.15, -0.1) is 0 Å². The van der Waals surface area contributed by atoms with E-state index in [0.717, 1.165) is 21.8 Å². The summed E-state index contributed by atoms with van der Waals surface area (Å²) >= 11 is 3.48. The van der Waals surface area contributed by atoms with Crippen LogP contribution < -0.4 is 5.73 Å². The summed E-state index contributed by atoms with van der Waals surface area (Å²) in [6.07, 6.45) is 4.68. The number of halogens is 1. The fourth-order valence-corrected chi connectivity index (χ4v) is 2.35. The minimum atomic E-state index is 0.677. The van der Waals surface area contributed by atoms with Gasteiger partial charge in [-0.3, -0.25) is 0 Å². The van der Waals surface area contributed by atoms with Gasteiger partial charge in [0, 0.05) is 9.86 Å². The molecule has 0 radical (unpaired) electrons. The SMILES string of the molecule is CCCCCc1cc2cc(Br)ccc2nc1N. The van der Waals surface area contributed by atoms with Gasteiger partial charge in [0.1, 0.15) is 5.82 Å². The van der Waals surface area contributed by atoms with Crippen LogP contribution in [-0.2, 0) is 6.42 Å². The number of anilines is 1. The lowest BCUT2D eigenvalue weighted by molar-refractivity contribution is 0.718. The number of hydrogen-bond acceptors (Lipinski definition) is 2. The zero-order chi connectivity index (χ0) is 12.3. The molecule has 0 amide bonds. The van der Waals surface area contributed by atoms with E-state index in [-0.39, 0.29) is 0 Å². The van der Waals surface area contributed by atoms with E-state index in [1.54, 1.807) is 0 Å². The molecule has 2 aromatic rings. The van der Waals surface area contributed by atoms with Crippen molar-refractivity contribution in [2.75, 3.05) is 5.73 Å². The third kappa shape index (κ3) is 2.97. The maximum Gasteiger partial charge on any atom is 0.127 e. The summed E-state index contributed by atoms with van der Waals surface area (Å²) in [7, 11) is 0. The molecule has 0 unspecified atom stereocenters. The lowest BCUT2D eigenvalue weighted by Crippen LogP contribution is -1.98. The first-order valence-corrected chi connectivity index (χ1v) is 6.84. The zero-order valence-corrected chi connectivity index (χ0v) is 11.6. The van der Waals surface area contributed by atoms with Crippen LogP contribution in [0.4, 0.5) is 5.82 Å². The van der Waals surface area contributed by atoms with Gasteiger partial charge >= 0.3 is 0 Å². The Kier molecular flexibility index (Phi) is 4.00. The standard InChI is InChI=1S/C14H17BrN2/c1-2-3-4-5-10-8-11-9-12(15)6-7-13(11)17-14(10)16/h6-9H,2-5H2,1H3,(H2,16,17). The first kappa shape index (κ1) is 12.4. The Labute approximate surface area is 110 Å². The molecule has 0 aliphatic heterocycles. The zero-order valence-electron chi connectivity index (χ0n) is 10.0. The van der Waals surface area contributed by atoms with Gasteiger partial charge in [-0.1, -0.05) is 35.7 Å². The van der Waals surface area contributed by atoms with E-state index in [9.17, 15) is 0 Å². The number of nitrogens with two attached hydrogens (primary N) is 1. The molecular weight excluding hydrogens is 276 g/mol. The average molecular weight is 293 g/mol. The van der Waals surface area contributed by atoms with Gasteiger partial charge in [0.25, 0.3) is 0 Å². The van der Waals surface area contributed by atoms with E-state index >= 15 is 0 Å². The number of fused-ring (bicyclic) bond motifs is 1. The molecule has 0 aliphatic rings. The van der Waals surface area contributed by atoms with Crippen molar-refractivity contribution in [3.8, 4) is 0 Å². The van der Waals surface area contributed by atoms with Crippen molar-refractivity contribution in [2.45, 2.75) is 32.6 Å². The Morgan fingerprint density at radius 1 is 1.24 bits per heavy atom. The van der Waals surface area contributed by atoms with Crippen LogP contribution in [0.5, 0.6) is 0 Å². The predicted molar refractivity (Wildman–Crippen MR) is 77.1 cm³/mol. The Morgan fingerprint density at radius 3 is 2.82 bits per heavy atom. The molecule has 90 valence electrons. The normalized spacial score (nSPS) is 10.9. The van der Waals surface area contributed by atoms with Gasteiger partial charge in [0.15, 0.2) is 0 Å². The molecule has 1 heterocycles. The molecule has 1 aromatic heterocycles. The molecule has 0 saturated heterocycles. The molecule has 0 bridgehead atoms. The predicted octanol–water partition coefficient (Wildman–Crippen LogP) is 4.31. The highest BCUT2D eigenvalue weighted by Crippen LogP contribution is 2.23. The highest BCUT2D eigenvalue weighted by molar-refractivity contribution is 9.10. The molecule has 3 heteroatoms. The van der Waals surface area contributed by atoms with Crippen molar-refractivity contribution in [3.63, 3.8) is 0 Å². The van der Waals surface area contributed by atoms with Crippen LogP contribution in [0.1, 0.15) is 31.7 Å². The smallest absolute Gasteiger partial charge is 0.127 e. The number of unbranched alkanes of at least 4 members (excludes halogenated alkanes) is 2. The van der Waals surface area contributed by atoms with E-state index in [1.165, 1.54) is 24.8 Å². The second-order valence-electron chi connectivity index (χ2n) is 4.33. The summed E-state index contributed by atoms with van der Waals surface area (Å²) in [5.74, 6) is 0.677. The second-order valence-corrected chi connectivity index (χ2v) is 5.24. The number of nitrogens with zero attached hydrogens (tertiary/aromatic N) is 1. The summed E-state index contributed by atoms with van der Waals surface area (Å²) < 4.78 is 1.08. The van der Waals surface area contributed by atoms with Gasteiger partial charge in [-0.2, -0.15) is 0 Å². The number of rotatable bonds is 4. The van der Waals surface area contributed by atoms with Crippen LogP contribution >= 0.6 is 15.9 Å². The molecule has 0 saturated carbocycles. The van der Waals surface area contributed by atoms with E-state index in [0.29, 0.717) is 5.82 Å². The molecule has 0 aliphatic carbocycles. The van der Waals surface area contributed by atoms with Crippen molar-refractivity contribution in [1.82, 2.24) is 4.98 Å². The monoisotopic (exact) mass is 292 g/mol. The van der Waals surface area contributed by atoms with Gasteiger partial charge < -0.3 is 5.73 Å². The maximum atomic E-state index is 5.98. The molecule has 1 aromatic carbocycles. The van der Waals surface area contributed by atoms with Crippen molar-refractivity contribution in [2.24, 2.45) is 0 Å². The van der Waals surface area contributed by atoms with Crippen LogP contribution in [0.15, 0.2) is 28.7 Å². The van der Waals surface area contributed by atoms with Crippen molar-refractivity contribution in [1.29, 1.82) is 0 Å². The van der Waals surface area contributed by atoms with Crippen LogP contribution in [-0.4, -0.2) is 4.98 Å². The molecule has 0 fully saturated rings. The summed E-state index contributed by atoms with van der Waals surface area (Å²) in [6.45, 7) is 2.21. The van der Waals surface area contributed by atoms with Crippen LogP contribution in [0.3, 0.4) is 0 Å². The second kappa shape index (κ2) is 5.50. The highest BCUT2D eigenvalue weighted by Gasteiger charge is 2.04. The third-order valence-electron chi connectivity index (χ3n) is 2.94. The van der Waals surface area contributed by atoms with E-state index in [4.69, 9.17) is 5.73 Å². The van der Waals surface area contributed by atoms with Crippen molar-refractivity contribution < 1.29 is 0 Å². The summed E-state index contributed by atoms with van der Waals surface area (Å²) in [5, 5.41) is 1.15. The van der Waals surface area contributed by atoms with Crippen molar-refractivity contribution >= 4 is 32.7 Å². The number of aromatic nitrogens is 1. The number of aryl methyl sites for hydroxylation is 1. The average Bonchev–Trinajstić information content (AvgIpc) is 2.31. The van der Waals surface area contributed by atoms with Crippen LogP contribution in [0.25, 0.3) is 10.9 Å². The first-order valence-electron chi connectivity index (χ1n) is 6.05. The van der Waals surface area contributed by atoms with E-state index in [1.807, 2.05) is 12.1 Å². The summed E-state index contributed by atoms with van der Waals surface area (Å²) in [4.78, 5) is 4.45. The lowest BCUT2D eigenvalue weighted by atomic mass is 10.1. The van der Waals surface area contributed by atoms with E-state index < -0.39 is 0 Å². The molecule has 0 atom stereocenters. The first-order chi connectivity index (χ1) is 8.20. The van der Waals surface area contributed by atoms with Gasteiger partial charge in [0.2, 0.25) is 0 Å². The minimum absolute atomic E-state index is 0.677. The molecule has 0 spiro atoms. The number of pyridine rings is 1. The largest absolute Gasteiger partial charge is 0.383 e. The molecule has 17 heavy (non-hydrogen) atoms. The Bertz CT molecular complexity index is 523. The number of nitrogen functional groups attached to an aromatic ring is 1. The van der Waals surface area contributed by atoms with Crippen molar-refractivity contribution in [3.05, 3.63) is 34.3 Å². The fraction of sp³-hybridized carbons (Fsp3) is 0.357. The topological polar surface area (TPSA) is 38.9 Å². The molecule has 2 N–H and O–H groups in total. The van der Waals surface area contributed by atoms with E-state index in [2.05, 4.69) is 40.0 Å². The Balaban J connectivity index is 2.32.